The van der Waals surface area contributed by atoms with Crippen LogP contribution < -0.4 is 14.8 Å². The summed E-state index contributed by atoms with van der Waals surface area (Å²) in [5.41, 5.74) is 1.91. The Hall–Kier alpha value is -2.90. The van der Waals surface area contributed by atoms with Gasteiger partial charge in [-0.1, -0.05) is 52.5 Å². The number of anilines is 1. The normalized spacial score (nSPS) is 10.8. The quantitative estimate of drug-likeness (QED) is 0.248. The summed E-state index contributed by atoms with van der Waals surface area (Å²) in [7, 11) is 1.56. The van der Waals surface area contributed by atoms with E-state index in [1.165, 1.54) is 0 Å². The Morgan fingerprint density at radius 3 is 2.37 bits per heavy atom. The van der Waals surface area contributed by atoms with Gasteiger partial charge in [-0.2, -0.15) is 5.10 Å². The van der Waals surface area contributed by atoms with Gasteiger partial charge >= 0.3 is 0 Å². The second kappa shape index (κ2) is 11.2. The first-order valence-electron chi connectivity index (χ1n) is 10.4. The summed E-state index contributed by atoms with van der Waals surface area (Å²) in [4.78, 5) is 12.9. The number of carbonyl (C=O) groups is 1. The van der Waals surface area contributed by atoms with Gasteiger partial charge in [0.05, 0.1) is 13.7 Å². The lowest BCUT2D eigenvalue weighted by Gasteiger charge is -2.12. The number of ether oxygens (including phenoxy) is 2. The van der Waals surface area contributed by atoms with E-state index in [1.807, 2.05) is 6.07 Å². The molecule has 0 spiro atoms. The van der Waals surface area contributed by atoms with E-state index in [9.17, 15) is 4.79 Å². The SMILES string of the molecule is COc1ccc(C(=O)Nc2nn(Cc3ccc(Cl)cc3Cl)cc2Cl)cc1COc1ccc(Cl)cc1. The third-order valence-electron chi connectivity index (χ3n) is 5.05. The van der Waals surface area contributed by atoms with Crippen molar-refractivity contribution in [1.82, 2.24) is 9.78 Å². The molecular formula is C25H19Cl4N3O3. The average Bonchev–Trinajstić information content (AvgIpc) is 3.18. The summed E-state index contributed by atoms with van der Waals surface area (Å²) in [6, 6.07) is 17.3. The zero-order valence-electron chi connectivity index (χ0n) is 18.4. The van der Waals surface area contributed by atoms with E-state index in [-0.39, 0.29) is 18.3 Å². The van der Waals surface area contributed by atoms with Crippen molar-refractivity contribution in [1.29, 1.82) is 0 Å². The second-order valence-electron chi connectivity index (χ2n) is 7.48. The molecule has 0 aliphatic carbocycles. The van der Waals surface area contributed by atoms with Crippen LogP contribution in [-0.2, 0) is 13.2 Å². The third kappa shape index (κ3) is 6.41. The summed E-state index contributed by atoms with van der Waals surface area (Å²) in [5, 5.41) is 9.09. The summed E-state index contributed by atoms with van der Waals surface area (Å²) in [6.45, 7) is 0.559. The number of hydrogen-bond acceptors (Lipinski definition) is 4. The van der Waals surface area contributed by atoms with Crippen molar-refractivity contribution in [3.63, 3.8) is 0 Å². The predicted octanol–water partition coefficient (Wildman–Crippen LogP) is 7.38. The molecule has 4 rings (SSSR count). The molecule has 10 heteroatoms. The number of amides is 1. The van der Waals surface area contributed by atoms with E-state index < -0.39 is 0 Å². The lowest BCUT2D eigenvalue weighted by Crippen LogP contribution is -2.14. The topological polar surface area (TPSA) is 65.4 Å². The van der Waals surface area contributed by atoms with Crippen LogP contribution in [0.15, 0.2) is 66.9 Å². The highest BCUT2D eigenvalue weighted by Crippen LogP contribution is 2.26. The summed E-state index contributed by atoms with van der Waals surface area (Å²) < 4.78 is 12.8. The van der Waals surface area contributed by atoms with Crippen LogP contribution >= 0.6 is 46.4 Å². The van der Waals surface area contributed by atoms with Crippen molar-refractivity contribution >= 4 is 58.1 Å². The van der Waals surface area contributed by atoms with Gasteiger partial charge in [-0.3, -0.25) is 9.48 Å². The van der Waals surface area contributed by atoms with Crippen LogP contribution in [0.3, 0.4) is 0 Å². The van der Waals surface area contributed by atoms with Crippen LogP contribution in [0.5, 0.6) is 11.5 Å². The lowest BCUT2D eigenvalue weighted by atomic mass is 10.1. The van der Waals surface area contributed by atoms with Crippen molar-refractivity contribution in [2.75, 3.05) is 12.4 Å². The fraction of sp³-hybridized carbons (Fsp3) is 0.120. The standard InChI is InChI=1S/C25H19Cl4N3O3/c1-34-23-9-3-15(10-17(23)14-35-20-7-5-18(26)6-8-20)25(33)30-24-22(29)13-32(31-24)12-16-2-4-19(27)11-21(16)28/h2-11,13H,12,14H2,1H3,(H,30,31,33). The smallest absolute Gasteiger partial charge is 0.256 e. The fourth-order valence-corrected chi connectivity index (χ4v) is 4.08. The summed E-state index contributed by atoms with van der Waals surface area (Å²) in [5.74, 6) is 1.09. The van der Waals surface area contributed by atoms with Gasteiger partial charge in [0, 0.05) is 32.4 Å². The average molecular weight is 551 g/mol. The maximum Gasteiger partial charge on any atom is 0.256 e. The second-order valence-corrected chi connectivity index (χ2v) is 9.17. The Balaban J connectivity index is 1.47. The van der Waals surface area contributed by atoms with Crippen molar-refractivity contribution in [2.24, 2.45) is 0 Å². The van der Waals surface area contributed by atoms with Gasteiger partial charge in [0.25, 0.3) is 5.91 Å². The first-order chi connectivity index (χ1) is 16.8. The summed E-state index contributed by atoms with van der Waals surface area (Å²) in [6.07, 6.45) is 1.61. The van der Waals surface area contributed by atoms with Crippen LogP contribution in [0.4, 0.5) is 5.82 Å². The number of methoxy groups -OCH3 is 1. The number of carbonyl (C=O) groups excluding carboxylic acids is 1. The van der Waals surface area contributed by atoms with Crippen LogP contribution in [0.25, 0.3) is 0 Å². The van der Waals surface area contributed by atoms with E-state index in [0.717, 1.165) is 5.56 Å². The molecule has 3 aromatic carbocycles. The Morgan fingerprint density at radius 2 is 1.66 bits per heavy atom. The molecule has 1 aromatic heterocycles. The van der Waals surface area contributed by atoms with Gasteiger partial charge in [0.15, 0.2) is 5.82 Å². The molecule has 0 aliphatic rings. The minimum absolute atomic E-state index is 0.198. The van der Waals surface area contributed by atoms with Gasteiger partial charge in [-0.05, 0) is 60.2 Å². The molecule has 4 aromatic rings. The zero-order valence-corrected chi connectivity index (χ0v) is 21.4. The molecule has 1 heterocycles. The number of halogens is 4. The molecule has 0 atom stereocenters. The number of hydrogen-bond donors (Lipinski definition) is 1. The molecule has 1 N–H and O–H groups in total. The summed E-state index contributed by atoms with van der Waals surface area (Å²) >= 11 is 24.4. The number of nitrogens with one attached hydrogen (secondary N) is 1. The molecule has 0 bridgehead atoms. The molecule has 35 heavy (non-hydrogen) atoms. The molecule has 1 amide bonds. The Morgan fingerprint density at radius 1 is 0.914 bits per heavy atom. The highest BCUT2D eigenvalue weighted by molar-refractivity contribution is 6.35. The molecule has 0 aliphatic heterocycles. The van der Waals surface area contributed by atoms with Crippen molar-refractivity contribution < 1.29 is 14.3 Å². The van der Waals surface area contributed by atoms with E-state index in [1.54, 1.807) is 72.6 Å². The molecule has 0 fully saturated rings. The maximum atomic E-state index is 12.9. The van der Waals surface area contributed by atoms with Crippen molar-refractivity contribution in [2.45, 2.75) is 13.2 Å². The van der Waals surface area contributed by atoms with E-state index >= 15 is 0 Å². The number of aromatic nitrogens is 2. The number of nitrogens with zero attached hydrogens (tertiary/aromatic N) is 2. The van der Waals surface area contributed by atoms with Crippen LogP contribution in [-0.4, -0.2) is 22.8 Å². The first-order valence-corrected chi connectivity index (χ1v) is 11.9. The van der Waals surface area contributed by atoms with Crippen molar-refractivity contribution in [3.8, 4) is 11.5 Å². The Kier molecular flexibility index (Phi) is 8.08. The van der Waals surface area contributed by atoms with Crippen molar-refractivity contribution in [3.05, 3.63) is 104 Å². The highest BCUT2D eigenvalue weighted by atomic mass is 35.5. The van der Waals surface area contributed by atoms with E-state index in [4.69, 9.17) is 55.9 Å². The van der Waals surface area contributed by atoms with Gasteiger partial charge in [0.2, 0.25) is 0 Å². The van der Waals surface area contributed by atoms with Gasteiger partial charge < -0.3 is 14.8 Å². The van der Waals surface area contributed by atoms with Crippen LogP contribution in [0, 0.1) is 0 Å². The molecule has 0 saturated carbocycles. The van der Waals surface area contributed by atoms with Crippen LogP contribution in [0.1, 0.15) is 21.5 Å². The molecule has 180 valence electrons. The van der Waals surface area contributed by atoms with E-state index in [0.29, 0.717) is 49.3 Å². The molecule has 0 unspecified atom stereocenters. The maximum absolute atomic E-state index is 12.9. The Bertz CT molecular complexity index is 1360. The molecular weight excluding hydrogens is 532 g/mol. The highest BCUT2D eigenvalue weighted by Gasteiger charge is 2.15. The largest absolute Gasteiger partial charge is 0.496 e. The molecule has 0 saturated heterocycles. The predicted molar refractivity (Wildman–Crippen MR) is 140 cm³/mol. The minimum Gasteiger partial charge on any atom is -0.496 e. The minimum atomic E-state index is -0.378. The molecule has 0 radical (unpaired) electrons. The Labute approximate surface area is 222 Å². The van der Waals surface area contributed by atoms with Gasteiger partial charge in [-0.25, -0.2) is 0 Å². The first kappa shape index (κ1) is 25.2. The zero-order chi connectivity index (χ0) is 24.9. The lowest BCUT2D eigenvalue weighted by molar-refractivity contribution is 0.102. The monoisotopic (exact) mass is 549 g/mol. The van der Waals surface area contributed by atoms with E-state index in [2.05, 4.69) is 10.4 Å². The van der Waals surface area contributed by atoms with Crippen LogP contribution in [0.2, 0.25) is 20.1 Å². The molecule has 6 nitrogen and oxygen atoms in total. The van der Waals surface area contributed by atoms with Gasteiger partial charge in [-0.15, -0.1) is 0 Å². The number of rotatable bonds is 8. The third-order valence-corrected chi connectivity index (χ3v) is 6.16. The van der Waals surface area contributed by atoms with Gasteiger partial charge in [0.1, 0.15) is 23.1 Å². The fourth-order valence-electron chi connectivity index (χ4n) is 3.29. The number of benzene rings is 3.